The van der Waals surface area contributed by atoms with Crippen molar-refractivity contribution < 1.29 is 31.1 Å². The first-order valence-corrected chi connectivity index (χ1v) is 6.32. The summed E-state index contributed by atoms with van der Waals surface area (Å²) in [5.74, 6) is -5.30. The number of ether oxygens (including phenoxy) is 1. The van der Waals surface area contributed by atoms with Crippen LogP contribution >= 0.6 is 0 Å². The lowest BCUT2D eigenvalue weighted by molar-refractivity contribution is -0.140. The van der Waals surface area contributed by atoms with E-state index in [2.05, 4.69) is 4.74 Å². The summed E-state index contributed by atoms with van der Waals surface area (Å²) in [6.07, 6.45) is 0. The number of sulfonamides is 1. The molecular formula is C10H10F3NO4S. The minimum absolute atomic E-state index is 0.238. The number of methoxy groups -OCH3 is 1. The largest absolute Gasteiger partial charge is 0.468 e. The number of carbonyl (C=O) groups is 1. The summed E-state index contributed by atoms with van der Waals surface area (Å²) in [5.41, 5.74) is 0. The lowest BCUT2D eigenvalue weighted by Crippen LogP contribution is -2.33. The molecule has 0 spiro atoms. The zero-order valence-electron chi connectivity index (χ0n) is 9.98. The zero-order chi connectivity index (χ0) is 14.8. The third kappa shape index (κ3) is 3.24. The highest BCUT2D eigenvalue weighted by Gasteiger charge is 2.30. The molecule has 0 N–H and O–H groups in total. The van der Waals surface area contributed by atoms with Crippen LogP contribution in [0.4, 0.5) is 13.2 Å². The Bertz CT molecular complexity index is 580. The van der Waals surface area contributed by atoms with Crippen molar-refractivity contribution >= 4 is 16.0 Å². The maximum atomic E-state index is 13.4. The molecule has 0 saturated carbocycles. The molecule has 0 atom stereocenters. The minimum Gasteiger partial charge on any atom is -0.468 e. The van der Waals surface area contributed by atoms with Crippen LogP contribution in [0.5, 0.6) is 0 Å². The maximum absolute atomic E-state index is 13.4. The Morgan fingerprint density at radius 3 is 2.16 bits per heavy atom. The topological polar surface area (TPSA) is 63.7 Å². The van der Waals surface area contributed by atoms with Crippen LogP contribution in [-0.2, 0) is 19.6 Å². The number of hydrogen-bond donors (Lipinski definition) is 0. The van der Waals surface area contributed by atoms with Crippen molar-refractivity contribution in [2.45, 2.75) is 4.90 Å². The predicted octanol–water partition coefficient (Wildman–Crippen LogP) is 0.897. The molecule has 0 fully saturated rings. The molecular weight excluding hydrogens is 287 g/mol. The number of nitrogens with zero attached hydrogens (tertiary/aromatic N) is 1. The monoisotopic (exact) mass is 297 g/mol. The van der Waals surface area contributed by atoms with Crippen LogP contribution in [0.2, 0.25) is 0 Å². The van der Waals surface area contributed by atoms with Gasteiger partial charge in [0.1, 0.15) is 24.0 Å². The number of benzene rings is 1. The number of hydrogen-bond acceptors (Lipinski definition) is 4. The Balaban J connectivity index is 3.24. The number of rotatable bonds is 4. The molecule has 0 amide bonds. The molecule has 0 saturated heterocycles. The lowest BCUT2D eigenvalue weighted by Gasteiger charge is -2.16. The van der Waals surface area contributed by atoms with Crippen LogP contribution in [0.25, 0.3) is 0 Å². The van der Waals surface area contributed by atoms with E-state index in [9.17, 15) is 26.4 Å². The lowest BCUT2D eigenvalue weighted by atomic mass is 10.3. The fraction of sp³-hybridized carbons (Fsp3) is 0.300. The fourth-order valence-corrected chi connectivity index (χ4v) is 2.46. The van der Waals surface area contributed by atoms with E-state index in [0.29, 0.717) is 4.31 Å². The van der Waals surface area contributed by atoms with Gasteiger partial charge in [0, 0.05) is 19.2 Å². The molecule has 106 valence electrons. The van der Waals surface area contributed by atoms with Crippen molar-refractivity contribution in [2.75, 3.05) is 20.7 Å². The number of carbonyl (C=O) groups excluding carboxylic acids is 1. The van der Waals surface area contributed by atoms with Crippen molar-refractivity contribution in [3.8, 4) is 0 Å². The van der Waals surface area contributed by atoms with Gasteiger partial charge in [-0.25, -0.2) is 21.6 Å². The third-order valence-corrected chi connectivity index (χ3v) is 4.07. The van der Waals surface area contributed by atoms with Gasteiger partial charge in [-0.05, 0) is 0 Å². The van der Waals surface area contributed by atoms with E-state index in [4.69, 9.17) is 0 Å². The average Bonchev–Trinajstić information content (AvgIpc) is 2.26. The zero-order valence-corrected chi connectivity index (χ0v) is 10.8. The first-order valence-electron chi connectivity index (χ1n) is 4.88. The molecule has 19 heavy (non-hydrogen) atoms. The van der Waals surface area contributed by atoms with Crippen molar-refractivity contribution in [2.24, 2.45) is 0 Å². The minimum atomic E-state index is -4.61. The van der Waals surface area contributed by atoms with Gasteiger partial charge in [0.25, 0.3) is 0 Å². The molecule has 0 unspecified atom stereocenters. The molecule has 0 radical (unpaired) electrons. The Morgan fingerprint density at radius 2 is 1.74 bits per heavy atom. The highest BCUT2D eigenvalue weighted by Crippen LogP contribution is 2.22. The molecule has 1 aromatic carbocycles. The maximum Gasteiger partial charge on any atom is 0.321 e. The summed E-state index contributed by atoms with van der Waals surface area (Å²) in [6, 6.07) is 0.476. The normalized spacial score (nSPS) is 11.7. The van der Waals surface area contributed by atoms with Gasteiger partial charge in [-0.1, -0.05) is 0 Å². The molecule has 9 heteroatoms. The van der Waals surface area contributed by atoms with Crippen LogP contribution in [-0.4, -0.2) is 39.4 Å². The van der Waals surface area contributed by atoms with Crippen LogP contribution in [0, 0.1) is 17.5 Å². The van der Waals surface area contributed by atoms with Gasteiger partial charge in [0.05, 0.1) is 7.11 Å². The molecule has 0 aromatic heterocycles. The quantitative estimate of drug-likeness (QED) is 0.775. The Morgan fingerprint density at radius 1 is 1.26 bits per heavy atom. The van der Waals surface area contributed by atoms with E-state index in [1.54, 1.807) is 0 Å². The highest BCUT2D eigenvalue weighted by molar-refractivity contribution is 7.89. The standard InChI is InChI=1S/C10H10F3NO4S/c1-14(5-9(15)18-2)19(16,17)10-7(12)3-6(11)4-8(10)13/h3-4H,5H2,1-2H3. The summed E-state index contributed by atoms with van der Waals surface area (Å²) in [5, 5.41) is 0. The summed E-state index contributed by atoms with van der Waals surface area (Å²) in [7, 11) is -2.64. The molecule has 5 nitrogen and oxygen atoms in total. The summed E-state index contributed by atoms with van der Waals surface area (Å²) >= 11 is 0. The van der Waals surface area contributed by atoms with Gasteiger partial charge in [0.2, 0.25) is 10.0 Å². The van der Waals surface area contributed by atoms with Gasteiger partial charge in [-0.2, -0.15) is 4.31 Å². The molecule has 0 heterocycles. The Kier molecular flexibility index (Phi) is 4.53. The molecule has 0 bridgehead atoms. The van der Waals surface area contributed by atoms with Gasteiger partial charge in [0.15, 0.2) is 4.90 Å². The van der Waals surface area contributed by atoms with Crippen LogP contribution < -0.4 is 0 Å². The fourth-order valence-electron chi connectivity index (χ4n) is 1.26. The van der Waals surface area contributed by atoms with E-state index >= 15 is 0 Å². The first-order chi connectivity index (χ1) is 8.70. The van der Waals surface area contributed by atoms with Gasteiger partial charge >= 0.3 is 5.97 Å². The van der Waals surface area contributed by atoms with E-state index in [0.717, 1.165) is 14.2 Å². The van der Waals surface area contributed by atoms with Crippen LogP contribution in [0.3, 0.4) is 0 Å². The average molecular weight is 297 g/mol. The van der Waals surface area contributed by atoms with Crippen molar-refractivity contribution in [1.82, 2.24) is 4.31 Å². The van der Waals surface area contributed by atoms with E-state index < -0.39 is 44.9 Å². The van der Waals surface area contributed by atoms with E-state index in [-0.39, 0.29) is 12.1 Å². The SMILES string of the molecule is COC(=O)CN(C)S(=O)(=O)c1c(F)cc(F)cc1F. The molecule has 0 aliphatic heterocycles. The highest BCUT2D eigenvalue weighted by atomic mass is 32.2. The second-order valence-corrected chi connectivity index (χ2v) is 5.52. The number of esters is 1. The number of likely N-dealkylation sites (N-methyl/N-ethyl adjacent to an activating group) is 1. The smallest absolute Gasteiger partial charge is 0.321 e. The summed E-state index contributed by atoms with van der Waals surface area (Å²) in [6.45, 7) is -0.727. The molecule has 1 aromatic rings. The van der Waals surface area contributed by atoms with Crippen molar-refractivity contribution in [3.05, 3.63) is 29.6 Å². The molecule has 1 rings (SSSR count). The Labute approximate surface area is 107 Å². The third-order valence-electron chi connectivity index (χ3n) is 2.21. The first kappa shape index (κ1) is 15.4. The van der Waals surface area contributed by atoms with Gasteiger partial charge < -0.3 is 4.74 Å². The predicted molar refractivity (Wildman–Crippen MR) is 58.1 cm³/mol. The second kappa shape index (κ2) is 5.57. The van der Waals surface area contributed by atoms with Gasteiger partial charge in [-0.3, -0.25) is 4.79 Å². The summed E-state index contributed by atoms with van der Waals surface area (Å²) in [4.78, 5) is 9.63. The second-order valence-electron chi connectivity index (χ2n) is 3.54. The van der Waals surface area contributed by atoms with Gasteiger partial charge in [-0.15, -0.1) is 0 Å². The Hall–Kier alpha value is -1.61. The van der Waals surface area contributed by atoms with Crippen LogP contribution in [0.15, 0.2) is 17.0 Å². The molecule has 0 aliphatic rings. The van der Waals surface area contributed by atoms with Crippen LogP contribution in [0.1, 0.15) is 0 Å². The van der Waals surface area contributed by atoms with Crippen molar-refractivity contribution in [3.63, 3.8) is 0 Å². The number of halogens is 3. The van der Waals surface area contributed by atoms with E-state index in [1.807, 2.05) is 0 Å². The van der Waals surface area contributed by atoms with Crippen molar-refractivity contribution in [1.29, 1.82) is 0 Å². The molecule has 0 aliphatic carbocycles. The summed E-state index contributed by atoms with van der Waals surface area (Å²) < 4.78 is 67.8. The van der Waals surface area contributed by atoms with E-state index in [1.165, 1.54) is 0 Å².